The summed E-state index contributed by atoms with van der Waals surface area (Å²) in [5.74, 6) is -1.12. The lowest BCUT2D eigenvalue weighted by molar-refractivity contribution is -0.120. The molecule has 0 fully saturated rings. The fraction of sp³-hybridized carbons (Fsp3) is 0.292. The van der Waals surface area contributed by atoms with Gasteiger partial charge in [-0.1, -0.05) is 12.1 Å². The Bertz CT molecular complexity index is 1210. The van der Waals surface area contributed by atoms with Crippen molar-refractivity contribution < 1.29 is 24.2 Å². The molecule has 7 nitrogen and oxygen atoms in total. The van der Waals surface area contributed by atoms with Gasteiger partial charge < -0.3 is 20.4 Å². The number of aliphatic hydroxyl groups excluding tert-OH is 1. The quantitative estimate of drug-likeness (QED) is 0.549. The second-order valence-electron chi connectivity index (χ2n) is 8.21. The molecule has 0 radical (unpaired) electrons. The summed E-state index contributed by atoms with van der Waals surface area (Å²) in [5, 5.41) is 23.6. The van der Waals surface area contributed by atoms with Gasteiger partial charge in [0.1, 0.15) is 11.3 Å². The average molecular weight is 437 g/mol. The maximum atomic E-state index is 13.2. The number of nitrogens with zero attached hydrogens (tertiary/aromatic N) is 2. The molecule has 8 heteroatoms. The van der Waals surface area contributed by atoms with E-state index in [-0.39, 0.29) is 54.0 Å². The summed E-state index contributed by atoms with van der Waals surface area (Å²) in [6, 6.07) is 8.02. The van der Waals surface area contributed by atoms with Gasteiger partial charge in [-0.25, -0.2) is 4.39 Å². The second-order valence-corrected chi connectivity index (χ2v) is 8.21. The van der Waals surface area contributed by atoms with Crippen LogP contribution in [0.3, 0.4) is 0 Å². The minimum atomic E-state index is -0.682. The predicted molar refractivity (Wildman–Crippen MR) is 117 cm³/mol. The number of benzene rings is 2. The molecule has 1 aliphatic rings. The molecule has 1 unspecified atom stereocenters. The molecular formula is C24H24FN3O4. The highest BCUT2D eigenvalue weighted by atomic mass is 19.1. The molecule has 2 amide bonds. The van der Waals surface area contributed by atoms with Crippen molar-refractivity contribution in [3.05, 3.63) is 70.2 Å². The summed E-state index contributed by atoms with van der Waals surface area (Å²) in [6.45, 7) is 1.97. The number of hydrogen-bond acceptors (Lipinski definition) is 5. The Labute approximate surface area is 184 Å². The molecule has 2 heterocycles. The number of fused-ring (bicyclic) bond motifs is 2. The Hall–Kier alpha value is -3.52. The van der Waals surface area contributed by atoms with E-state index in [0.29, 0.717) is 22.9 Å². The van der Waals surface area contributed by atoms with Gasteiger partial charge in [-0.2, -0.15) is 0 Å². The number of amides is 2. The number of pyridine rings is 1. The van der Waals surface area contributed by atoms with E-state index in [1.54, 1.807) is 32.3 Å². The largest absolute Gasteiger partial charge is 0.505 e. The van der Waals surface area contributed by atoms with Gasteiger partial charge in [-0.05, 0) is 53.8 Å². The predicted octanol–water partition coefficient (Wildman–Crippen LogP) is 2.30. The van der Waals surface area contributed by atoms with E-state index in [1.807, 2.05) is 6.07 Å². The van der Waals surface area contributed by atoms with Crippen molar-refractivity contribution in [2.24, 2.45) is 0 Å². The van der Waals surface area contributed by atoms with Crippen LogP contribution >= 0.6 is 0 Å². The Morgan fingerprint density at radius 2 is 2.00 bits per heavy atom. The highest BCUT2D eigenvalue weighted by Gasteiger charge is 2.33. The first-order valence-corrected chi connectivity index (χ1v) is 10.3. The van der Waals surface area contributed by atoms with Gasteiger partial charge >= 0.3 is 0 Å². The molecule has 0 saturated heterocycles. The molecule has 3 aromatic rings. The van der Waals surface area contributed by atoms with Crippen LogP contribution < -0.4 is 5.32 Å². The molecule has 1 aromatic heterocycles. The van der Waals surface area contributed by atoms with Crippen molar-refractivity contribution >= 4 is 22.7 Å². The molecule has 32 heavy (non-hydrogen) atoms. The molecule has 0 saturated carbocycles. The Morgan fingerprint density at radius 1 is 1.28 bits per heavy atom. The maximum Gasteiger partial charge on any atom is 0.258 e. The van der Waals surface area contributed by atoms with Gasteiger partial charge in [0.05, 0.1) is 18.1 Å². The van der Waals surface area contributed by atoms with E-state index in [0.717, 1.165) is 11.1 Å². The van der Waals surface area contributed by atoms with Crippen LogP contribution in [0.15, 0.2) is 36.5 Å². The zero-order valence-corrected chi connectivity index (χ0v) is 17.9. The highest BCUT2D eigenvalue weighted by Crippen LogP contribution is 2.39. The molecule has 166 valence electrons. The van der Waals surface area contributed by atoms with E-state index in [2.05, 4.69) is 10.3 Å². The number of rotatable bonds is 6. The van der Waals surface area contributed by atoms with Crippen LogP contribution in [0.5, 0.6) is 5.75 Å². The van der Waals surface area contributed by atoms with E-state index < -0.39 is 6.10 Å². The van der Waals surface area contributed by atoms with Crippen LogP contribution in [0.25, 0.3) is 10.9 Å². The topological polar surface area (TPSA) is 103 Å². The van der Waals surface area contributed by atoms with Crippen LogP contribution in [-0.2, 0) is 24.2 Å². The van der Waals surface area contributed by atoms with Crippen molar-refractivity contribution in [1.29, 1.82) is 0 Å². The fourth-order valence-corrected chi connectivity index (χ4v) is 4.03. The molecular weight excluding hydrogens is 413 g/mol. The summed E-state index contributed by atoms with van der Waals surface area (Å²) in [5.41, 5.74) is 3.39. The third kappa shape index (κ3) is 4.13. The number of phenols is 1. The van der Waals surface area contributed by atoms with Crippen LogP contribution in [0, 0.1) is 5.82 Å². The molecule has 0 bridgehead atoms. The lowest BCUT2D eigenvalue weighted by atomic mass is 9.93. The molecule has 2 aromatic carbocycles. The minimum Gasteiger partial charge on any atom is -0.505 e. The first kappa shape index (κ1) is 21.7. The number of hydrogen-bond donors (Lipinski definition) is 3. The summed E-state index contributed by atoms with van der Waals surface area (Å²) in [4.78, 5) is 31.1. The zero-order valence-electron chi connectivity index (χ0n) is 17.9. The van der Waals surface area contributed by atoms with Gasteiger partial charge in [0, 0.05) is 31.7 Å². The summed E-state index contributed by atoms with van der Waals surface area (Å²) < 4.78 is 13.2. The Balaban J connectivity index is 1.80. The zero-order chi connectivity index (χ0) is 23.0. The molecule has 1 aliphatic heterocycles. The minimum absolute atomic E-state index is 0.0192. The fourth-order valence-electron chi connectivity index (χ4n) is 4.03. The van der Waals surface area contributed by atoms with Crippen LogP contribution in [0.4, 0.5) is 4.39 Å². The van der Waals surface area contributed by atoms with Crippen molar-refractivity contribution in [3.8, 4) is 5.75 Å². The van der Waals surface area contributed by atoms with Gasteiger partial charge in [-0.15, -0.1) is 0 Å². The van der Waals surface area contributed by atoms with E-state index >= 15 is 0 Å². The van der Waals surface area contributed by atoms with Gasteiger partial charge in [0.2, 0.25) is 5.91 Å². The number of carbonyl (C=O) groups is 2. The summed E-state index contributed by atoms with van der Waals surface area (Å²) in [6.07, 6.45) is 1.40. The lowest BCUT2D eigenvalue weighted by Gasteiger charge is -2.15. The number of aromatic hydroxyl groups is 1. The maximum absolute atomic E-state index is 13.2. The van der Waals surface area contributed by atoms with Crippen LogP contribution in [-0.4, -0.2) is 51.6 Å². The number of aromatic nitrogens is 1. The third-order valence-corrected chi connectivity index (χ3v) is 5.61. The molecule has 1 atom stereocenters. The number of halogens is 1. The SMILES string of the molecule is CC(O)CNC(=O)Cc1c2c(c(O)c3ncc(Cc4ccc(F)cc4)cc13)C(=O)N(C)C2. The first-order valence-electron chi connectivity index (χ1n) is 10.3. The van der Waals surface area contributed by atoms with Crippen molar-refractivity contribution in [2.45, 2.75) is 32.4 Å². The Kier molecular flexibility index (Phi) is 5.80. The summed E-state index contributed by atoms with van der Waals surface area (Å²) >= 11 is 0. The van der Waals surface area contributed by atoms with Crippen LogP contribution in [0.2, 0.25) is 0 Å². The van der Waals surface area contributed by atoms with E-state index in [4.69, 9.17) is 0 Å². The highest BCUT2D eigenvalue weighted by molar-refractivity contribution is 6.08. The molecule has 0 aliphatic carbocycles. The third-order valence-electron chi connectivity index (χ3n) is 5.61. The Morgan fingerprint density at radius 3 is 2.69 bits per heavy atom. The first-order chi connectivity index (χ1) is 15.2. The molecule has 0 spiro atoms. The molecule has 4 rings (SSSR count). The average Bonchev–Trinajstić information content (AvgIpc) is 3.06. The van der Waals surface area contributed by atoms with Gasteiger partial charge in [0.15, 0.2) is 5.75 Å². The van der Waals surface area contributed by atoms with Gasteiger partial charge in [0.25, 0.3) is 5.91 Å². The van der Waals surface area contributed by atoms with Gasteiger partial charge in [-0.3, -0.25) is 14.6 Å². The van der Waals surface area contributed by atoms with Crippen molar-refractivity contribution in [3.63, 3.8) is 0 Å². The summed E-state index contributed by atoms with van der Waals surface area (Å²) in [7, 11) is 1.64. The lowest BCUT2D eigenvalue weighted by Crippen LogP contribution is -2.32. The van der Waals surface area contributed by atoms with Crippen molar-refractivity contribution in [2.75, 3.05) is 13.6 Å². The van der Waals surface area contributed by atoms with Crippen LogP contribution in [0.1, 0.15) is 39.5 Å². The smallest absolute Gasteiger partial charge is 0.258 e. The number of nitrogens with one attached hydrogen (secondary N) is 1. The van der Waals surface area contributed by atoms with E-state index in [9.17, 15) is 24.2 Å². The second kappa shape index (κ2) is 8.55. The number of phenolic OH excluding ortho intramolecular Hbond substituents is 1. The van der Waals surface area contributed by atoms with Crippen molar-refractivity contribution in [1.82, 2.24) is 15.2 Å². The normalized spacial score (nSPS) is 14.0. The number of aliphatic hydroxyl groups is 1. The monoisotopic (exact) mass is 437 g/mol. The van der Waals surface area contributed by atoms with E-state index in [1.165, 1.54) is 17.0 Å². The standard InChI is InChI=1S/C24H24FN3O4/c1-13(29)10-26-20(30)9-17-18-8-15(7-14-3-5-16(25)6-4-14)11-27-22(18)23(31)21-19(17)12-28(2)24(21)32/h3-6,8,11,13,29,31H,7,9-10,12H2,1-2H3,(H,26,30). The number of carbonyl (C=O) groups excluding carboxylic acids is 2. The molecule has 3 N–H and O–H groups in total.